The fourth-order valence-electron chi connectivity index (χ4n) is 1.56. The number of rotatable bonds is 3. The van der Waals surface area contributed by atoms with Crippen LogP contribution in [0.4, 0.5) is 5.69 Å². The van der Waals surface area contributed by atoms with E-state index in [-0.39, 0.29) is 20.9 Å². The maximum atomic E-state index is 12.4. The second-order valence-corrected chi connectivity index (χ2v) is 7.80. The lowest BCUT2D eigenvalue weighted by Crippen LogP contribution is -2.14. The van der Waals surface area contributed by atoms with E-state index in [1.54, 1.807) is 6.92 Å². The zero-order valence-electron chi connectivity index (χ0n) is 10.5. The van der Waals surface area contributed by atoms with Gasteiger partial charge in [0.15, 0.2) is 5.15 Å². The van der Waals surface area contributed by atoms with Gasteiger partial charge < -0.3 is 0 Å². The van der Waals surface area contributed by atoms with E-state index in [1.165, 1.54) is 24.3 Å². The lowest BCUT2D eigenvalue weighted by Gasteiger charge is -2.12. The summed E-state index contributed by atoms with van der Waals surface area (Å²) < 4.78 is 27.6. The molecule has 1 aromatic heterocycles. The van der Waals surface area contributed by atoms with Crippen molar-refractivity contribution >= 4 is 66.4 Å². The molecule has 1 aromatic carbocycles. The van der Waals surface area contributed by atoms with E-state index in [2.05, 4.69) is 25.6 Å². The van der Waals surface area contributed by atoms with Gasteiger partial charge in [0.25, 0.3) is 10.0 Å². The van der Waals surface area contributed by atoms with Crippen LogP contribution in [-0.4, -0.2) is 13.4 Å². The largest absolute Gasteiger partial charge is 0.276 e. The fourth-order valence-corrected chi connectivity index (χ4v) is 4.00. The molecule has 1 N–H and O–H groups in total. The van der Waals surface area contributed by atoms with E-state index in [0.29, 0.717) is 15.1 Å². The average molecular weight is 431 g/mol. The first-order chi connectivity index (χ1) is 9.70. The molecule has 0 aliphatic heterocycles. The number of nitrogens with one attached hydrogen (secondary N) is 1. The molecule has 9 heteroatoms. The SMILES string of the molecule is Cc1cc(Cl)nc(Cl)c1NS(=O)(=O)c1ccc(Cl)c(Br)c1. The van der Waals surface area contributed by atoms with E-state index in [4.69, 9.17) is 34.8 Å². The molecule has 2 aromatic rings. The van der Waals surface area contributed by atoms with Crippen LogP contribution in [0.15, 0.2) is 33.6 Å². The van der Waals surface area contributed by atoms with Crippen molar-refractivity contribution in [1.82, 2.24) is 4.98 Å². The number of aryl methyl sites for hydroxylation is 1. The van der Waals surface area contributed by atoms with Crippen LogP contribution >= 0.6 is 50.7 Å². The molecule has 0 saturated heterocycles. The Kier molecular flexibility index (Phi) is 5.05. The van der Waals surface area contributed by atoms with Crippen molar-refractivity contribution in [3.8, 4) is 0 Å². The third-order valence-electron chi connectivity index (χ3n) is 2.58. The van der Waals surface area contributed by atoms with Crippen molar-refractivity contribution < 1.29 is 8.42 Å². The van der Waals surface area contributed by atoms with Gasteiger partial charge in [0, 0.05) is 4.47 Å². The highest BCUT2D eigenvalue weighted by molar-refractivity contribution is 9.10. The molecule has 0 amide bonds. The van der Waals surface area contributed by atoms with Crippen molar-refractivity contribution in [3.63, 3.8) is 0 Å². The van der Waals surface area contributed by atoms with Crippen LogP contribution in [0.5, 0.6) is 0 Å². The van der Waals surface area contributed by atoms with E-state index in [9.17, 15) is 8.42 Å². The van der Waals surface area contributed by atoms with Gasteiger partial charge in [-0.1, -0.05) is 34.8 Å². The Balaban J connectivity index is 2.44. The third kappa shape index (κ3) is 3.81. The molecule has 0 radical (unpaired) electrons. The van der Waals surface area contributed by atoms with Crippen LogP contribution in [0.3, 0.4) is 0 Å². The van der Waals surface area contributed by atoms with Crippen LogP contribution < -0.4 is 4.72 Å². The van der Waals surface area contributed by atoms with Crippen molar-refractivity contribution in [2.45, 2.75) is 11.8 Å². The highest BCUT2D eigenvalue weighted by Crippen LogP contribution is 2.30. The predicted octanol–water partition coefficient (Wildman–Crippen LogP) is 4.91. The first kappa shape index (κ1) is 16.8. The smallest absolute Gasteiger partial charge is 0.262 e. The van der Waals surface area contributed by atoms with Crippen LogP contribution in [-0.2, 0) is 10.0 Å². The van der Waals surface area contributed by atoms with Gasteiger partial charge in [-0.15, -0.1) is 0 Å². The number of aromatic nitrogens is 1. The van der Waals surface area contributed by atoms with E-state index in [1.807, 2.05) is 0 Å². The summed E-state index contributed by atoms with van der Waals surface area (Å²) in [5.41, 5.74) is 0.753. The summed E-state index contributed by atoms with van der Waals surface area (Å²) >= 11 is 20.7. The summed E-state index contributed by atoms with van der Waals surface area (Å²) in [5, 5.41) is 0.586. The van der Waals surface area contributed by atoms with Gasteiger partial charge in [-0.25, -0.2) is 13.4 Å². The molecular weight excluding hydrogens is 422 g/mol. The Morgan fingerprint density at radius 2 is 1.86 bits per heavy atom. The lowest BCUT2D eigenvalue weighted by molar-refractivity contribution is 0.601. The summed E-state index contributed by atoms with van der Waals surface area (Å²) in [6.07, 6.45) is 0. The quantitative estimate of drug-likeness (QED) is 0.704. The van der Waals surface area contributed by atoms with Gasteiger partial charge in [0.2, 0.25) is 0 Å². The fraction of sp³-hybridized carbons (Fsp3) is 0.0833. The summed E-state index contributed by atoms with van der Waals surface area (Å²) in [6, 6.07) is 5.79. The Bertz CT molecular complexity index is 789. The number of nitrogens with zero attached hydrogens (tertiary/aromatic N) is 1. The van der Waals surface area contributed by atoms with Crippen molar-refractivity contribution in [3.05, 3.63) is 49.6 Å². The van der Waals surface area contributed by atoms with Gasteiger partial charge in [0.05, 0.1) is 15.6 Å². The standard InChI is InChI=1S/C12H8BrCl3N2O2S/c1-6-4-10(15)17-12(16)11(6)18-21(19,20)7-2-3-9(14)8(13)5-7/h2-5,18H,1H3. The topological polar surface area (TPSA) is 59.1 Å². The molecule has 0 spiro atoms. The van der Waals surface area contributed by atoms with E-state index in [0.717, 1.165) is 0 Å². The van der Waals surface area contributed by atoms with Gasteiger partial charge in [-0.2, -0.15) is 0 Å². The maximum absolute atomic E-state index is 12.4. The number of sulfonamides is 1. The molecule has 0 fully saturated rings. The second-order valence-electron chi connectivity index (χ2n) is 4.11. The highest BCUT2D eigenvalue weighted by atomic mass is 79.9. The Labute approximate surface area is 145 Å². The molecular formula is C12H8BrCl3N2O2S. The number of anilines is 1. The average Bonchev–Trinajstić information content (AvgIpc) is 2.37. The zero-order chi connectivity index (χ0) is 15.8. The van der Waals surface area contributed by atoms with Crippen LogP contribution in [0.25, 0.3) is 0 Å². The minimum Gasteiger partial charge on any atom is -0.276 e. The van der Waals surface area contributed by atoms with Crippen molar-refractivity contribution in [2.24, 2.45) is 0 Å². The normalized spacial score (nSPS) is 11.5. The first-order valence-electron chi connectivity index (χ1n) is 5.51. The van der Waals surface area contributed by atoms with E-state index >= 15 is 0 Å². The minimum atomic E-state index is -3.82. The van der Waals surface area contributed by atoms with Crippen molar-refractivity contribution in [2.75, 3.05) is 4.72 Å². The maximum Gasteiger partial charge on any atom is 0.262 e. The number of hydrogen-bond acceptors (Lipinski definition) is 3. The number of benzene rings is 1. The highest BCUT2D eigenvalue weighted by Gasteiger charge is 2.19. The molecule has 4 nitrogen and oxygen atoms in total. The third-order valence-corrected chi connectivity index (χ3v) is 5.61. The van der Waals surface area contributed by atoms with Gasteiger partial charge in [-0.05, 0) is 52.7 Å². The number of hydrogen-bond donors (Lipinski definition) is 1. The molecule has 0 aliphatic carbocycles. The molecule has 0 unspecified atom stereocenters. The van der Waals surface area contributed by atoms with Crippen LogP contribution in [0, 0.1) is 6.92 Å². The van der Waals surface area contributed by atoms with Crippen LogP contribution in [0.2, 0.25) is 15.3 Å². The molecule has 112 valence electrons. The van der Waals surface area contributed by atoms with Gasteiger partial charge >= 0.3 is 0 Å². The van der Waals surface area contributed by atoms with Crippen LogP contribution in [0.1, 0.15) is 5.56 Å². The second kappa shape index (κ2) is 6.30. The predicted molar refractivity (Wildman–Crippen MR) is 89.0 cm³/mol. The molecule has 0 bridgehead atoms. The van der Waals surface area contributed by atoms with Gasteiger partial charge in [-0.3, -0.25) is 4.72 Å². The Morgan fingerprint density at radius 3 is 2.43 bits per heavy atom. The number of pyridine rings is 1. The summed E-state index contributed by atoms with van der Waals surface area (Å²) in [5.74, 6) is 0. The van der Waals surface area contributed by atoms with Crippen molar-refractivity contribution in [1.29, 1.82) is 0 Å². The molecule has 0 aliphatic rings. The molecule has 0 saturated carbocycles. The monoisotopic (exact) mass is 428 g/mol. The molecule has 1 heterocycles. The zero-order valence-corrected chi connectivity index (χ0v) is 15.2. The Morgan fingerprint density at radius 1 is 1.19 bits per heavy atom. The molecule has 21 heavy (non-hydrogen) atoms. The summed E-state index contributed by atoms with van der Waals surface area (Å²) in [6.45, 7) is 1.68. The van der Waals surface area contributed by atoms with E-state index < -0.39 is 10.0 Å². The lowest BCUT2D eigenvalue weighted by atomic mass is 10.3. The summed E-state index contributed by atoms with van der Waals surface area (Å²) in [7, 11) is -3.82. The molecule has 2 rings (SSSR count). The number of halogens is 4. The first-order valence-corrected chi connectivity index (χ1v) is 8.92. The summed E-state index contributed by atoms with van der Waals surface area (Å²) in [4.78, 5) is 3.86. The van der Waals surface area contributed by atoms with Gasteiger partial charge in [0.1, 0.15) is 5.15 Å². The molecule has 0 atom stereocenters. The Hall–Kier alpha value is -0.530. The minimum absolute atomic E-state index is 0.0170.